The van der Waals surface area contributed by atoms with Crippen LogP contribution >= 0.6 is 11.6 Å². The number of aliphatic hydroxyl groups excluding tert-OH is 1. The lowest BCUT2D eigenvalue weighted by molar-refractivity contribution is 0.277. The van der Waals surface area contributed by atoms with Gasteiger partial charge in [0.2, 0.25) is 10.0 Å². The highest BCUT2D eigenvalue weighted by molar-refractivity contribution is 7.89. The minimum Gasteiger partial charge on any atom is -0.495 e. The van der Waals surface area contributed by atoms with E-state index in [2.05, 4.69) is 20.5 Å². The van der Waals surface area contributed by atoms with E-state index in [1.165, 1.54) is 24.1 Å². The van der Waals surface area contributed by atoms with E-state index in [0.717, 1.165) is 5.56 Å². The number of pyridine rings is 1. The molecule has 170 valence electrons. The first-order valence-electron chi connectivity index (χ1n) is 9.62. The molecular formula is C21H19ClN6O4S. The van der Waals surface area contributed by atoms with Crippen molar-refractivity contribution < 1.29 is 18.3 Å². The number of nitrogens with two attached hydrogens (primary N) is 1. The summed E-state index contributed by atoms with van der Waals surface area (Å²) in [5.74, 6) is 0.728. The summed E-state index contributed by atoms with van der Waals surface area (Å²) < 4.78 is 31.5. The van der Waals surface area contributed by atoms with Crippen molar-refractivity contribution in [1.29, 1.82) is 0 Å². The van der Waals surface area contributed by atoms with Crippen LogP contribution in [0, 0.1) is 0 Å². The van der Waals surface area contributed by atoms with Crippen LogP contribution in [0.25, 0.3) is 22.5 Å². The van der Waals surface area contributed by atoms with Crippen molar-refractivity contribution in [3.05, 3.63) is 71.0 Å². The summed E-state index contributed by atoms with van der Waals surface area (Å²) in [5.41, 5.74) is 2.61. The normalized spacial score (nSPS) is 11.5. The summed E-state index contributed by atoms with van der Waals surface area (Å²) in [6, 6.07) is 13.3. The molecule has 0 atom stereocenters. The van der Waals surface area contributed by atoms with Crippen molar-refractivity contribution >= 4 is 21.6 Å². The summed E-state index contributed by atoms with van der Waals surface area (Å²) in [4.78, 5) is 4.06. The standard InChI is InChI=1S/C21H19ClN6O4S/c1-32-18-8-5-13(9-17(18)22)11-28-21(25-26-27-28)20-16(3-2-4-19(20)33(23,30)31)14-6-7-15(12-29)24-10-14/h2-10,29H,11-12H2,1H3,(H2,23,30,31). The van der Waals surface area contributed by atoms with Crippen LogP contribution in [0.5, 0.6) is 5.75 Å². The Balaban J connectivity index is 1.87. The molecule has 10 nitrogen and oxygen atoms in total. The van der Waals surface area contributed by atoms with Crippen LogP contribution < -0.4 is 9.88 Å². The fourth-order valence-electron chi connectivity index (χ4n) is 3.39. The van der Waals surface area contributed by atoms with Crippen molar-refractivity contribution in [2.45, 2.75) is 18.0 Å². The third-order valence-electron chi connectivity index (χ3n) is 4.93. The number of primary sulfonamides is 1. The molecule has 0 aliphatic rings. The third kappa shape index (κ3) is 4.71. The van der Waals surface area contributed by atoms with Gasteiger partial charge in [0, 0.05) is 17.3 Å². The van der Waals surface area contributed by atoms with E-state index in [4.69, 9.17) is 21.5 Å². The van der Waals surface area contributed by atoms with Gasteiger partial charge in [0.1, 0.15) is 5.75 Å². The number of hydrogen-bond acceptors (Lipinski definition) is 8. The van der Waals surface area contributed by atoms with Gasteiger partial charge in [-0.25, -0.2) is 18.2 Å². The van der Waals surface area contributed by atoms with Crippen LogP contribution in [0.3, 0.4) is 0 Å². The molecule has 0 unspecified atom stereocenters. The topological polar surface area (TPSA) is 146 Å². The number of methoxy groups -OCH3 is 1. The first-order valence-corrected chi connectivity index (χ1v) is 11.5. The maximum atomic E-state index is 12.4. The Kier molecular flexibility index (Phi) is 6.38. The van der Waals surface area contributed by atoms with Crippen LogP contribution in [0.1, 0.15) is 11.3 Å². The Labute approximate surface area is 194 Å². The second-order valence-electron chi connectivity index (χ2n) is 7.05. The molecule has 0 spiro atoms. The van der Waals surface area contributed by atoms with E-state index in [1.54, 1.807) is 42.5 Å². The van der Waals surface area contributed by atoms with Crippen molar-refractivity contribution in [3.8, 4) is 28.3 Å². The number of ether oxygens (including phenoxy) is 1. The molecule has 4 rings (SSSR count). The minimum absolute atomic E-state index is 0.130. The molecule has 4 aromatic rings. The Hall–Kier alpha value is -3.38. The van der Waals surface area contributed by atoms with Gasteiger partial charge in [0.15, 0.2) is 5.82 Å². The molecule has 3 N–H and O–H groups in total. The molecule has 0 fully saturated rings. The third-order valence-corrected chi connectivity index (χ3v) is 6.18. The molecule has 0 saturated carbocycles. The number of sulfonamides is 1. The van der Waals surface area contributed by atoms with Gasteiger partial charge in [-0.05, 0) is 45.8 Å². The number of aliphatic hydroxyl groups is 1. The van der Waals surface area contributed by atoms with E-state index in [1.807, 2.05) is 0 Å². The van der Waals surface area contributed by atoms with Crippen molar-refractivity contribution in [1.82, 2.24) is 25.2 Å². The minimum atomic E-state index is -4.12. The van der Waals surface area contributed by atoms with Gasteiger partial charge in [-0.15, -0.1) is 5.10 Å². The average molecular weight is 487 g/mol. The molecule has 33 heavy (non-hydrogen) atoms. The first-order chi connectivity index (χ1) is 15.8. The van der Waals surface area contributed by atoms with E-state index in [9.17, 15) is 13.5 Å². The van der Waals surface area contributed by atoms with Gasteiger partial charge in [-0.3, -0.25) is 4.98 Å². The number of aromatic nitrogens is 5. The first kappa shape index (κ1) is 22.8. The zero-order chi connectivity index (χ0) is 23.6. The largest absolute Gasteiger partial charge is 0.495 e. The summed E-state index contributed by atoms with van der Waals surface area (Å²) in [6.07, 6.45) is 1.54. The smallest absolute Gasteiger partial charge is 0.238 e. The van der Waals surface area contributed by atoms with E-state index >= 15 is 0 Å². The molecule has 12 heteroatoms. The maximum absolute atomic E-state index is 12.4. The summed E-state index contributed by atoms with van der Waals surface area (Å²) in [6.45, 7) is -0.000829. The quantitative estimate of drug-likeness (QED) is 0.404. The maximum Gasteiger partial charge on any atom is 0.238 e. The SMILES string of the molecule is COc1ccc(Cn2nnnc2-c2c(-c3ccc(CO)nc3)cccc2S(N)(=O)=O)cc1Cl. The molecule has 0 aliphatic carbocycles. The van der Waals surface area contributed by atoms with E-state index < -0.39 is 10.0 Å². The molecule has 0 radical (unpaired) electrons. The van der Waals surface area contributed by atoms with E-state index in [0.29, 0.717) is 27.6 Å². The Morgan fingerprint density at radius 1 is 1.18 bits per heavy atom. The lowest BCUT2D eigenvalue weighted by Gasteiger charge is -2.14. The van der Waals surface area contributed by atoms with Gasteiger partial charge in [0.25, 0.3) is 0 Å². The van der Waals surface area contributed by atoms with Gasteiger partial charge in [0.05, 0.1) is 35.9 Å². The zero-order valence-corrected chi connectivity index (χ0v) is 19.0. The van der Waals surface area contributed by atoms with Crippen LogP contribution in [-0.4, -0.2) is 45.8 Å². The number of nitrogens with zero attached hydrogens (tertiary/aromatic N) is 5. The second-order valence-corrected chi connectivity index (χ2v) is 8.99. The number of hydrogen-bond donors (Lipinski definition) is 2. The number of tetrazole rings is 1. The summed E-state index contributed by atoms with van der Waals surface area (Å²) in [5, 5.41) is 27.1. The van der Waals surface area contributed by atoms with Crippen molar-refractivity contribution in [2.75, 3.05) is 7.11 Å². The van der Waals surface area contributed by atoms with Crippen LogP contribution in [0.4, 0.5) is 0 Å². The lowest BCUT2D eigenvalue weighted by Crippen LogP contribution is -2.15. The van der Waals surface area contributed by atoms with Crippen LogP contribution in [0.15, 0.2) is 59.6 Å². The molecule has 0 amide bonds. The van der Waals surface area contributed by atoms with Gasteiger partial charge >= 0.3 is 0 Å². The molecule has 2 heterocycles. The number of halogens is 1. The highest BCUT2D eigenvalue weighted by Gasteiger charge is 2.24. The monoisotopic (exact) mass is 486 g/mol. The Morgan fingerprint density at radius 3 is 2.64 bits per heavy atom. The molecular weight excluding hydrogens is 468 g/mol. The predicted molar refractivity (Wildman–Crippen MR) is 121 cm³/mol. The lowest BCUT2D eigenvalue weighted by atomic mass is 10.00. The van der Waals surface area contributed by atoms with Gasteiger partial charge in [-0.1, -0.05) is 35.9 Å². The number of benzene rings is 2. The molecule has 2 aromatic heterocycles. The van der Waals surface area contributed by atoms with E-state index in [-0.39, 0.29) is 29.4 Å². The zero-order valence-electron chi connectivity index (χ0n) is 17.4. The van der Waals surface area contributed by atoms with Crippen molar-refractivity contribution in [3.63, 3.8) is 0 Å². The molecule has 0 saturated heterocycles. The summed E-state index contributed by atoms with van der Waals surface area (Å²) in [7, 11) is -2.59. The predicted octanol–water partition coefficient (Wildman–Crippen LogP) is 2.25. The van der Waals surface area contributed by atoms with Gasteiger partial charge in [-0.2, -0.15) is 0 Å². The second kappa shape index (κ2) is 9.24. The fraction of sp³-hybridized carbons (Fsp3) is 0.143. The fourth-order valence-corrected chi connectivity index (χ4v) is 4.42. The van der Waals surface area contributed by atoms with Gasteiger partial charge < -0.3 is 9.84 Å². The Bertz CT molecular complexity index is 1410. The highest BCUT2D eigenvalue weighted by Crippen LogP contribution is 2.36. The molecule has 0 bridgehead atoms. The molecule has 2 aromatic carbocycles. The van der Waals surface area contributed by atoms with Crippen molar-refractivity contribution in [2.24, 2.45) is 5.14 Å². The van der Waals surface area contributed by atoms with Crippen LogP contribution in [0.2, 0.25) is 5.02 Å². The highest BCUT2D eigenvalue weighted by atomic mass is 35.5. The Morgan fingerprint density at radius 2 is 2.00 bits per heavy atom. The number of rotatable bonds is 7. The molecule has 0 aliphatic heterocycles. The van der Waals surface area contributed by atoms with Crippen LogP contribution in [-0.2, 0) is 23.2 Å². The summed E-state index contributed by atoms with van der Waals surface area (Å²) >= 11 is 6.24. The average Bonchev–Trinajstić information content (AvgIpc) is 3.26.